The van der Waals surface area contributed by atoms with Gasteiger partial charge in [0.1, 0.15) is 0 Å². The van der Waals surface area contributed by atoms with Gasteiger partial charge in [-0.3, -0.25) is 0 Å². The molecule has 2 aromatic rings. The standard InChI is InChI=1S/C21H23N/c1-4-17(13-14-21(22)16(2)3)19-11-8-12-20(15-19)18-9-6-5-7-10-18/h4-16,22H,1-3H3/b14-13-,17-4+,22-21?. The van der Waals surface area contributed by atoms with Crippen LogP contribution in [0.25, 0.3) is 16.7 Å². The summed E-state index contributed by atoms with van der Waals surface area (Å²) in [5.74, 6) is 0.255. The lowest BCUT2D eigenvalue weighted by Crippen LogP contribution is -2.01. The summed E-state index contributed by atoms with van der Waals surface area (Å²) >= 11 is 0. The van der Waals surface area contributed by atoms with Crippen LogP contribution in [0.1, 0.15) is 26.3 Å². The van der Waals surface area contributed by atoms with E-state index in [-0.39, 0.29) is 5.92 Å². The lowest BCUT2D eigenvalue weighted by Gasteiger charge is -2.07. The Hall–Kier alpha value is -2.41. The van der Waals surface area contributed by atoms with Crippen LogP contribution in [0.15, 0.2) is 72.8 Å². The summed E-state index contributed by atoms with van der Waals surface area (Å²) in [6, 6.07) is 18.9. The quantitative estimate of drug-likeness (QED) is 0.516. The van der Waals surface area contributed by atoms with Crippen LogP contribution >= 0.6 is 0 Å². The predicted octanol–water partition coefficient (Wildman–Crippen LogP) is 5.99. The molecule has 0 saturated heterocycles. The molecule has 0 atom stereocenters. The van der Waals surface area contributed by atoms with Gasteiger partial charge >= 0.3 is 0 Å². The van der Waals surface area contributed by atoms with E-state index in [2.05, 4.69) is 54.6 Å². The Morgan fingerprint density at radius 3 is 2.23 bits per heavy atom. The van der Waals surface area contributed by atoms with Gasteiger partial charge in [-0.25, -0.2) is 0 Å². The van der Waals surface area contributed by atoms with Crippen molar-refractivity contribution in [3.8, 4) is 11.1 Å². The third-order valence-corrected chi connectivity index (χ3v) is 3.68. The highest BCUT2D eigenvalue weighted by Crippen LogP contribution is 2.24. The average Bonchev–Trinajstić information content (AvgIpc) is 2.56. The summed E-state index contributed by atoms with van der Waals surface area (Å²) in [6.07, 6.45) is 6.02. The second kappa shape index (κ2) is 7.56. The summed E-state index contributed by atoms with van der Waals surface area (Å²) in [6.45, 7) is 6.12. The van der Waals surface area contributed by atoms with Crippen molar-refractivity contribution in [2.75, 3.05) is 0 Å². The zero-order chi connectivity index (χ0) is 15.9. The third kappa shape index (κ3) is 4.05. The molecule has 2 rings (SSSR count). The summed E-state index contributed by atoms with van der Waals surface area (Å²) < 4.78 is 0. The van der Waals surface area contributed by atoms with E-state index in [0.29, 0.717) is 5.71 Å². The molecule has 0 heterocycles. The van der Waals surface area contributed by atoms with E-state index in [0.717, 1.165) is 5.57 Å². The van der Waals surface area contributed by atoms with Crippen LogP contribution in [-0.4, -0.2) is 5.71 Å². The highest BCUT2D eigenvalue weighted by molar-refractivity contribution is 5.96. The van der Waals surface area contributed by atoms with Gasteiger partial charge in [-0.05, 0) is 47.2 Å². The maximum atomic E-state index is 7.94. The van der Waals surface area contributed by atoms with Crippen molar-refractivity contribution < 1.29 is 0 Å². The fourth-order valence-corrected chi connectivity index (χ4v) is 2.24. The number of hydrogen-bond donors (Lipinski definition) is 1. The first-order valence-corrected chi connectivity index (χ1v) is 7.70. The Morgan fingerprint density at radius 1 is 0.909 bits per heavy atom. The molecule has 22 heavy (non-hydrogen) atoms. The minimum atomic E-state index is 0.255. The Bertz CT molecular complexity index is 691. The molecule has 0 bridgehead atoms. The van der Waals surface area contributed by atoms with Gasteiger partial charge in [-0.15, -0.1) is 0 Å². The minimum Gasteiger partial charge on any atom is -0.305 e. The monoisotopic (exact) mass is 289 g/mol. The first-order valence-electron chi connectivity index (χ1n) is 7.70. The van der Waals surface area contributed by atoms with Crippen molar-refractivity contribution in [1.29, 1.82) is 5.41 Å². The number of allylic oxidation sites excluding steroid dienone is 4. The molecular formula is C21H23N. The van der Waals surface area contributed by atoms with Crippen LogP contribution in [0, 0.1) is 11.3 Å². The molecule has 0 unspecified atom stereocenters. The molecule has 0 radical (unpaired) electrons. The number of hydrogen-bond acceptors (Lipinski definition) is 1. The molecule has 0 spiro atoms. The van der Waals surface area contributed by atoms with E-state index in [1.165, 1.54) is 16.7 Å². The molecule has 2 aromatic carbocycles. The Morgan fingerprint density at radius 2 is 1.59 bits per heavy atom. The molecule has 1 N–H and O–H groups in total. The van der Waals surface area contributed by atoms with Crippen LogP contribution < -0.4 is 0 Å². The van der Waals surface area contributed by atoms with Crippen molar-refractivity contribution in [3.05, 3.63) is 78.4 Å². The smallest absolute Gasteiger partial charge is 0.0339 e. The Balaban J connectivity index is 2.30. The van der Waals surface area contributed by atoms with Crippen LogP contribution in [0.2, 0.25) is 0 Å². The molecule has 0 amide bonds. The minimum absolute atomic E-state index is 0.255. The maximum Gasteiger partial charge on any atom is 0.0339 e. The number of rotatable bonds is 5. The zero-order valence-electron chi connectivity index (χ0n) is 13.5. The van der Waals surface area contributed by atoms with E-state index in [1.54, 1.807) is 0 Å². The van der Waals surface area contributed by atoms with Gasteiger partial charge in [-0.1, -0.05) is 74.5 Å². The fourth-order valence-electron chi connectivity index (χ4n) is 2.24. The van der Waals surface area contributed by atoms with Gasteiger partial charge in [-0.2, -0.15) is 0 Å². The SMILES string of the molecule is C/C=C(\C=C/C(=N)C(C)C)c1cccc(-c2ccccc2)c1. The second-order valence-electron chi connectivity index (χ2n) is 5.63. The Kier molecular flexibility index (Phi) is 5.48. The van der Waals surface area contributed by atoms with Crippen molar-refractivity contribution >= 4 is 11.3 Å². The molecular weight excluding hydrogens is 266 g/mol. The number of benzene rings is 2. The summed E-state index contributed by atoms with van der Waals surface area (Å²) in [7, 11) is 0. The zero-order valence-corrected chi connectivity index (χ0v) is 13.5. The fraction of sp³-hybridized carbons (Fsp3) is 0.190. The molecule has 0 fully saturated rings. The molecule has 0 aromatic heterocycles. The molecule has 0 aliphatic heterocycles. The van der Waals surface area contributed by atoms with Gasteiger partial charge in [0, 0.05) is 5.71 Å². The summed E-state index contributed by atoms with van der Waals surface area (Å²) in [4.78, 5) is 0. The van der Waals surface area contributed by atoms with E-state index in [9.17, 15) is 0 Å². The van der Waals surface area contributed by atoms with Crippen LogP contribution in [-0.2, 0) is 0 Å². The second-order valence-corrected chi connectivity index (χ2v) is 5.63. The van der Waals surface area contributed by atoms with Crippen molar-refractivity contribution in [2.45, 2.75) is 20.8 Å². The molecule has 0 aliphatic carbocycles. The number of nitrogens with one attached hydrogen (secondary N) is 1. The lowest BCUT2D eigenvalue weighted by atomic mass is 9.98. The van der Waals surface area contributed by atoms with Crippen molar-refractivity contribution in [3.63, 3.8) is 0 Å². The predicted molar refractivity (Wildman–Crippen MR) is 97.2 cm³/mol. The molecule has 1 heteroatoms. The van der Waals surface area contributed by atoms with Crippen LogP contribution in [0.4, 0.5) is 0 Å². The normalized spacial score (nSPS) is 12.1. The molecule has 0 saturated carbocycles. The van der Waals surface area contributed by atoms with E-state index in [4.69, 9.17) is 5.41 Å². The van der Waals surface area contributed by atoms with Gasteiger partial charge < -0.3 is 5.41 Å². The lowest BCUT2D eigenvalue weighted by molar-refractivity contribution is 0.882. The maximum absolute atomic E-state index is 7.94. The van der Waals surface area contributed by atoms with Crippen LogP contribution in [0.5, 0.6) is 0 Å². The van der Waals surface area contributed by atoms with Gasteiger partial charge in [0.15, 0.2) is 0 Å². The average molecular weight is 289 g/mol. The highest BCUT2D eigenvalue weighted by Gasteiger charge is 2.02. The van der Waals surface area contributed by atoms with E-state index >= 15 is 0 Å². The van der Waals surface area contributed by atoms with E-state index in [1.807, 2.05) is 39.0 Å². The first kappa shape index (κ1) is 16.0. The first-order chi connectivity index (χ1) is 10.6. The third-order valence-electron chi connectivity index (χ3n) is 3.68. The molecule has 112 valence electrons. The molecule has 0 aliphatic rings. The van der Waals surface area contributed by atoms with Gasteiger partial charge in [0.25, 0.3) is 0 Å². The van der Waals surface area contributed by atoms with Crippen molar-refractivity contribution in [1.82, 2.24) is 0 Å². The topological polar surface area (TPSA) is 23.9 Å². The molecule has 1 nitrogen and oxygen atoms in total. The van der Waals surface area contributed by atoms with E-state index < -0.39 is 0 Å². The van der Waals surface area contributed by atoms with Crippen LogP contribution in [0.3, 0.4) is 0 Å². The van der Waals surface area contributed by atoms with Gasteiger partial charge in [0.2, 0.25) is 0 Å². The Labute approximate surface area is 133 Å². The summed E-state index contributed by atoms with van der Waals surface area (Å²) in [5, 5.41) is 7.94. The van der Waals surface area contributed by atoms with Gasteiger partial charge in [0.05, 0.1) is 0 Å². The largest absolute Gasteiger partial charge is 0.305 e. The summed E-state index contributed by atoms with van der Waals surface area (Å²) in [5.41, 5.74) is 5.40. The highest BCUT2D eigenvalue weighted by atomic mass is 14.4. The van der Waals surface area contributed by atoms with Crippen molar-refractivity contribution in [2.24, 2.45) is 5.92 Å².